The molecule has 8 nitrogen and oxygen atoms in total. The molecule has 0 aliphatic carbocycles. The molecule has 9 heteroatoms. The van der Waals surface area contributed by atoms with Gasteiger partial charge in [-0.2, -0.15) is 0 Å². The van der Waals surface area contributed by atoms with Crippen LogP contribution in [0.25, 0.3) is 10.4 Å². The Balaban J connectivity index is 1.32. The molecule has 2 aliphatic heterocycles. The Morgan fingerprint density at radius 3 is 2.64 bits per heavy atom. The monoisotopic (exact) mass is 546 g/mol. The number of likely N-dealkylation sites (tertiary alicyclic amines) is 1. The average Bonchev–Trinajstić information content (AvgIpc) is 3.60. The van der Waals surface area contributed by atoms with Crippen molar-refractivity contribution >= 4 is 29.1 Å². The zero-order valence-corrected chi connectivity index (χ0v) is 23.5. The first kappa shape index (κ1) is 27.0. The van der Waals surface area contributed by atoms with E-state index in [0.29, 0.717) is 18.7 Å². The fourth-order valence-electron chi connectivity index (χ4n) is 5.64. The van der Waals surface area contributed by atoms with Crippen LogP contribution in [0.2, 0.25) is 0 Å². The van der Waals surface area contributed by atoms with E-state index in [1.165, 1.54) is 4.90 Å². The molecule has 3 heterocycles. The summed E-state index contributed by atoms with van der Waals surface area (Å²) in [7, 11) is 0. The number of thiazole rings is 1. The number of carbonyl (C=O) groups excluding carboxylic acids is 3. The molecule has 1 unspecified atom stereocenters. The van der Waals surface area contributed by atoms with Crippen LogP contribution in [0.5, 0.6) is 0 Å². The zero-order chi connectivity index (χ0) is 27.8. The van der Waals surface area contributed by atoms with Gasteiger partial charge in [0, 0.05) is 31.6 Å². The average molecular weight is 547 g/mol. The van der Waals surface area contributed by atoms with E-state index < -0.39 is 18.2 Å². The third-order valence-corrected chi connectivity index (χ3v) is 8.72. The molecular formula is C30H34N4O4S. The van der Waals surface area contributed by atoms with Gasteiger partial charge in [-0.25, -0.2) is 4.98 Å². The SMILES string of the molecule is Cc1ccc(-c2scnc2C)cc1CNC(=O)[C@@H]1C[C@@H](O)CN1C(=O)C(C(C)C)N1Cc2ccccc2C1=O. The molecule has 3 amide bonds. The van der Waals surface area contributed by atoms with Gasteiger partial charge < -0.3 is 20.2 Å². The van der Waals surface area contributed by atoms with Crippen LogP contribution < -0.4 is 5.32 Å². The number of nitrogens with one attached hydrogen (secondary N) is 1. The molecule has 2 aliphatic rings. The topological polar surface area (TPSA) is 103 Å². The molecule has 204 valence electrons. The van der Waals surface area contributed by atoms with Crippen molar-refractivity contribution in [3.05, 3.63) is 75.9 Å². The molecular weight excluding hydrogens is 512 g/mol. The molecule has 3 atom stereocenters. The predicted molar refractivity (Wildman–Crippen MR) is 150 cm³/mol. The largest absolute Gasteiger partial charge is 0.391 e. The molecule has 0 bridgehead atoms. The van der Waals surface area contributed by atoms with Gasteiger partial charge >= 0.3 is 0 Å². The van der Waals surface area contributed by atoms with Crippen LogP contribution in [0.15, 0.2) is 48.0 Å². The molecule has 2 N–H and O–H groups in total. The molecule has 3 aromatic rings. The Kier molecular flexibility index (Phi) is 7.55. The van der Waals surface area contributed by atoms with Gasteiger partial charge in [-0.05, 0) is 54.2 Å². The smallest absolute Gasteiger partial charge is 0.255 e. The lowest BCUT2D eigenvalue weighted by atomic mass is 10.00. The van der Waals surface area contributed by atoms with Crippen molar-refractivity contribution in [2.45, 2.75) is 65.4 Å². The Morgan fingerprint density at radius 1 is 1.18 bits per heavy atom. The van der Waals surface area contributed by atoms with Crippen molar-refractivity contribution in [3.8, 4) is 10.4 Å². The fraction of sp³-hybridized carbons (Fsp3) is 0.400. The molecule has 5 rings (SSSR count). The summed E-state index contributed by atoms with van der Waals surface area (Å²) in [4.78, 5) is 49.0. The maximum atomic E-state index is 13.9. The molecule has 39 heavy (non-hydrogen) atoms. The normalized spacial score (nSPS) is 19.5. The minimum absolute atomic E-state index is 0.0638. The van der Waals surface area contributed by atoms with Crippen molar-refractivity contribution in [1.82, 2.24) is 20.1 Å². The van der Waals surface area contributed by atoms with Crippen molar-refractivity contribution in [3.63, 3.8) is 0 Å². The summed E-state index contributed by atoms with van der Waals surface area (Å²) in [5.74, 6) is -0.957. The highest BCUT2D eigenvalue weighted by Gasteiger charge is 2.45. The summed E-state index contributed by atoms with van der Waals surface area (Å²) in [6, 6.07) is 12.0. The first-order chi connectivity index (χ1) is 18.7. The summed E-state index contributed by atoms with van der Waals surface area (Å²) in [5.41, 5.74) is 7.36. The van der Waals surface area contributed by atoms with Crippen LogP contribution in [0, 0.1) is 19.8 Å². The number of aliphatic hydroxyl groups excluding tert-OH is 1. The van der Waals surface area contributed by atoms with E-state index >= 15 is 0 Å². The Bertz CT molecular complexity index is 1420. The van der Waals surface area contributed by atoms with Crippen LogP contribution in [0.4, 0.5) is 0 Å². The van der Waals surface area contributed by atoms with Crippen molar-refractivity contribution in [1.29, 1.82) is 0 Å². The van der Waals surface area contributed by atoms with Crippen LogP contribution >= 0.6 is 11.3 Å². The van der Waals surface area contributed by atoms with Gasteiger partial charge in [0.15, 0.2) is 0 Å². The standard InChI is InChI=1S/C30H34N4O4S/c1-17(2)26(34-14-21-7-5-6-8-24(21)29(34)37)30(38)33-15-23(35)12-25(33)28(36)31-13-22-11-20(10-9-18(22)3)27-19(4)32-16-39-27/h5-11,16-17,23,25-26,35H,12-15H2,1-4H3,(H,31,36)/t23-,25+,26?/m1/s1. The number of carbonyl (C=O) groups is 3. The highest BCUT2D eigenvalue weighted by atomic mass is 32.1. The molecule has 1 aromatic heterocycles. The number of aliphatic hydroxyl groups is 1. The lowest BCUT2D eigenvalue weighted by molar-refractivity contribution is -0.143. The van der Waals surface area contributed by atoms with E-state index in [4.69, 9.17) is 0 Å². The second-order valence-corrected chi connectivity index (χ2v) is 11.7. The summed E-state index contributed by atoms with van der Waals surface area (Å²) in [6.45, 7) is 8.50. The third kappa shape index (κ3) is 5.21. The first-order valence-electron chi connectivity index (χ1n) is 13.3. The number of aromatic nitrogens is 1. The van der Waals surface area contributed by atoms with Crippen LogP contribution in [0.1, 0.15) is 53.0 Å². The maximum Gasteiger partial charge on any atom is 0.255 e. The minimum Gasteiger partial charge on any atom is -0.391 e. The number of hydrogen-bond donors (Lipinski definition) is 2. The van der Waals surface area contributed by atoms with Crippen molar-refractivity contribution in [2.24, 2.45) is 5.92 Å². The second-order valence-electron chi connectivity index (χ2n) is 10.8. The Labute approximate surface area is 232 Å². The van der Waals surface area contributed by atoms with Gasteiger partial charge in [0.25, 0.3) is 5.91 Å². The summed E-state index contributed by atoms with van der Waals surface area (Å²) in [5, 5.41) is 13.5. The first-order valence-corrected chi connectivity index (χ1v) is 14.2. The Hall–Kier alpha value is -3.56. The van der Waals surface area contributed by atoms with E-state index in [-0.39, 0.29) is 36.6 Å². The van der Waals surface area contributed by atoms with Crippen LogP contribution in [-0.4, -0.2) is 62.3 Å². The van der Waals surface area contributed by atoms with Gasteiger partial charge in [0.2, 0.25) is 11.8 Å². The molecule has 0 spiro atoms. The molecule has 1 saturated heterocycles. The van der Waals surface area contributed by atoms with Gasteiger partial charge in [0.1, 0.15) is 12.1 Å². The zero-order valence-electron chi connectivity index (χ0n) is 22.7. The fourth-order valence-corrected chi connectivity index (χ4v) is 6.44. The lowest BCUT2D eigenvalue weighted by Crippen LogP contribution is -2.55. The highest BCUT2D eigenvalue weighted by molar-refractivity contribution is 7.13. The lowest BCUT2D eigenvalue weighted by Gasteiger charge is -2.35. The highest BCUT2D eigenvalue weighted by Crippen LogP contribution is 2.31. The number of rotatable bonds is 7. The molecule has 0 saturated carbocycles. The van der Waals surface area contributed by atoms with E-state index in [2.05, 4.69) is 22.4 Å². The van der Waals surface area contributed by atoms with Crippen LogP contribution in [-0.2, 0) is 22.7 Å². The molecule has 2 aromatic carbocycles. The van der Waals surface area contributed by atoms with Gasteiger partial charge in [0.05, 0.1) is 22.2 Å². The van der Waals surface area contributed by atoms with Crippen molar-refractivity contribution < 1.29 is 19.5 Å². The summed E-state index contributed by atoms with van der Waals surface area (Å²) >= 11 is 1.58. The van der Waals surface area contributed by atoms with Gasteiger partial charge in [-0.1, -0.05) is 44.2 Å². The number of β-amino-alcohol motifs (C(OH)–C–C–N with tert-alkyl or cyclic N) is 1. The second kappa shape index (κ2) is 10.9. The number of aryl methyl sites for hydroxylation is 2. The number of benzene rings is 2. The van der Waals surface area contributed by atoms with E-state index in [9.17, 15) is 19.5 Å². The number of hydrogen-bond acceptors (Lipinski definition) is 6. The number of nitrogens with zero attached hydrogens (tertiary/aromatic N) is 3. The quantitative estimate of drug-likeness (QED) is 0.471. The van der Waals surface area contributed by atoms with Crippen LogP contribution in [0.3, 0.4) is 0 Å². The maximum absolute atomic E-state index is 13.9. The third-order valence-electron chi connectivity index (χ3n) is 7.74. The van der Waals surface area contributed by atoms with E-state index in [1.807, 2.05) is 57.5 Å². The summed E-state index contributed by atoms with van der Waals surface area (Å²) < 4.78 is 0. The van der Waals surface area contributed by atoms with Gasteiger partial charge in [-0.3, -0.25) is 14.4 Å². The van der Waals surface area contributed by atoms with Crippen molar-refractivity contribution in [2.75, 3.05) is 6.54 Å². The Morgan fingerprint density at radius 2 is 1.95 bits per heavy atom. The summed E-state index contributed by atoms with van der Waals surface area (Å²) in [6.07, 6.45) is -0.640. The minimum atomic E-state index is -0.805. The van der Waals surface area contributed by atoms with E-state index in [0.717, 1.165) is 32.8 Å². The predicted octanol–water partition coefficient (Wildman–Crippen LogP) is 3.69. The van der Waals surface area contributed by atoms with Gasteiger partial charge in [-0.15, -0.1) is 11.3 Å². The molecule has 1 fully saturated rings. The number of fused-ring (bicyclic) bond motifs is 1. The van der Waals surface area contributed by atoms with E-state index in [1.54, 1.807) is 22.3 Å². The molecule has 0 radical (unpaired) electrons. The number of amides is 3.